The Balaban J connectivity index is 1.47. The Morgan fingerprint density at radius 2 is 1.44 bits per heavy atom. The van der Waals surface area contributed by atoms with Gasteiger partial charge in [0.25, 0.3) is 15.6 Å². The lowest BCUT2D eigenvalue weighted by atomic mass is 9.87. The maximum Gasteiger partial charge on any atom is 0.430 e. The summed E-state index contributed by atoms with van der Waals surface area (Å²) in [6.45, 7) is 1.73. The highest BCUT2D eigenvalue weighted by atomic mass is 32.2. The van der Waals surface area contributed by atoms with E-state index in [9.17, 15) is 49.1 Å². The molecule has 2 aliphatic rings. The lowest BCUT2D eigenvalue weighted by molar-refractivity contribution is -0.376. The van der Waals surface area contributed by atoms with Crippen molar-refractivity contribution < 1.29 is 49.1 Å². The SMILES string of the molecule is O=C(C[C@@H]1CCc2cc(C(O)(C(F)(F)F)C(F)(F)F)ccc2N1S(=O)(=O)c1ccc(F)cc1)N1CCN(c2ccccc2)CC1. The molecule has 0 aromatic heterocycles. The predicted octanol–water partition coefficient (Wildman–Crippen LogP) is 5.39. The molecule has 1 amide bonds. The highest BCUT2D eigenvalue weighted by Gasteiger charge is 2.71. The van der Waals surface area contributed by atoms with Gasteiger partial charge in [-0.15, -0.1) is 0 Å². The first-order chi connectivity index (χ1) is 21.0. The molecule has 1 fully saturated rings. The molecule has 5 rings (SSSR count). The molecule has 45 heavy (non-hydrogen) atoms. The predicted molar refractivity (Wildman–Crippen MR) is 150 cm³/mol. The van der Waals surface area contributed by atoms with Crippen LogP contribution in [0.4, 0.5) is 42.1 Å². The molecule has 0 unspecified atom stereocenters. The largest absolute Gasteiger partial charge is 0.430 e. The monoisotopic (exact) mass is 659 g/mol. The van der Waals surface area contributed by atoms with Crippen LogP contribution >= 0.6 is 0 Å². The summed E-state index contributed by atoms with van der Waals surface area (Å²) >= 11 is 0. The van der Waals surface area contributed by atoms with Crippen molar-refractivity contribution in [3.8, 4) is 0 Å². The van der Waals surface area contributed by atoms with E-state index in [2.05, 4.69) is 4.90 Å². The molecule has 0 bridgehead atoms. The van der Waals surface area contributed by atoms with Gasteiger partial charge in [0.2, 0.25) is 5.91 Å². The Labute approximate surface area is 254 Å². The van der Waals surface area contributed by atoms with Crippen molar-refractivity contribution in [1.29, 1.82) is 0 Å². The zero-order chi connectivity index (χ0) is 32.8. The smallest absolute Gasteiger partial charge is 0.369 e. The number of aryl methyl sites for hydroxylation is 1. The Bertz CT molecular complexity index is 1630. The third kappa shape index (κ3) is 6.07. The number of carbonyl (C=O) groups excluding carboxylic acids is 1. The summed E-state index contributed by atoms with van der Waals surface area (Å²) in [6.07, 6.45) is -12.9. The topological polar surface area (TPSA) is 81.2 Å². The molecule has 1 atom stereocenters. The van der Waals surface area contributed by atoms with Gasteiger partial charge in [0, 0.05) is 43.9 Å². The van der Waals surface area contributed by atoms with Gasteiger partial charge in [-0.05, 0) is 60.9 Å². The Kier molecular flexibility index (Phi) is 8.55. The van der Waals surface area contributed by atoms with Crippen LogP contribution < -0.4 is 9.21 Å². The number of rotatable bonds is 6. The number of anilines is 2. The highest BCUT2D eigenvalue weighted by Crippen LogP contribution is 2.51. The van der Waals surface area contributed by atoms with Crippen molar-refractivity contribution in [2.24, 2.45) is 0 Å². The van der Waals surface area contributed by atoms with Crippen molar-refractivity contribution in [3.05, 3.63) is 89.7 Å². The van der Waals surface area contributed by atoms with Crippen LogP contribution in [0.2, 0.25) is 0 Å². The second-order valence-electron chi connectivity index (χ2n) is 10.9. The van der Waals surface area contributed by atoms with Gasteiger partial charge in [0.15, 0.2) is 0 Å². The maximum atomic E-state index is 13.9. The van der Waals surface area contributed by atoms with Crippen LogP contribution in [0.1, 0.15) is 24.0 Å². The number of alkyl halides is 6. The minimum atomic E-state index is -6.13. The van der Waals surface area contributed by atoms with Crippen LogP contribution in [0.15, 0.2) is 77.7 Å². The zero-order valence-corrected chi connectivity index (χ0v) is 24.3. The van der Waals surface area contributed by atoms with E-state index in [1.54, 1.807) is 4.90 Å². The molecule has 2 aliphatic heterocycles. The number of amides is 1. The number of aliphatic hydroxyl groups is 1. The minimum Gasteiger partial charge on any atom is -0.369 e. The summed E-state index contributed by atoms with van der Waals surface area (Å²) in [4.78, 5) is 16.7. The Hall–Kier alpha value is -3.85. The first kappa shape index (κ1) is 32.5. The Morgan fingerprint density at radius 1 is 0.844 bits per heavy atom. The fraction of sp³-hybridized carbons (Fsp3) is 0.367. The van der Waals surface area contributed by atoms with Gasteiger partial charge in [0.1, 0.15) is 5.82 Å². The summed E-state index contributed by atoms with van der Waals surface area (Å²) in [6, 6.07) is 13.8. The molecule has 1 N–H and O–H groups in total. The fourth-order valence-corrected chi connectivity index (χ4v) is 7.48. The van der Waals surface area contributed by atoms with E-state index in [1.165, 1.54) is 0 Å². The first-order valence-electron chi connectivity index (χ1n) is 13.9. The summed E-state index contributed by atoms with van der Waals surface area (Å²) < 4.78 is 124. The third-order valence-electron chi connectivity index (χ3n) is 8.17. The van der Waals surface area contributed by atoms with E-state index >= 15 is 0 Å². The molecular formula is C30H28F7N3O4S. The van der Waals surface area contributed by atoms with Crippen LogP contribution in [0.5, 0.6) is 0 Å². The zero-order valence-electron chi connectivity index (χ0n) is 23.5. The van der Waals surface area contributed by atoms with Gasteiger partial charge < -0.3 is 14.9 Å². The normalized spacial score (nSPS) is 18.1. The standard InChI is InChI=1S/C30H28F7N3O4S/c31-22-8-11-25(12-9-22)45(43,44)40-24(19-27(41)39-16-14-38(15-17-39)23-4-2-1-3-5-23)10-6-20-18-21(7-13-26(20)40)28(42,29(32,33)34)30(35,36)37/h1-5,7-9,11-13,18,24,42H,6,10,14-17,19H2/t24-/m0/s1. The molecule has 3 aromatic rings. The molecule has 7 nitrogen and oxygen atoms in total. The summed E-state index contributed by atoms with van der Waals surface area (Å²) in [5.74, 6) is -1.12. The molecule has 0 saturated carbocycles. The molecule has 0 radical (unpaired) electrons. The number of benzene rings is 3. The number of fused-ring (bicyclic) bond motifs is 1. The Morgan fingerprint density at radius 3 is 2.02 bits per heavy atom. The van der Waals surface area contributed by atoms with Crippen LogP contribution in [-0.4, -0.2) is 68.9 Å². The quantitative estimate of drug-likeness (QED) is 0.360. The van der Waals surface area contributed by atoms with Gasteiger partial charge in [-0.2, -0.15) is 26.3 Å². The summed E-state index contributed by atoms with van der Waals surface area (Å²) in [7, 11) is -4.59. The van der Waals surface area contributed by atoms with Crippen molar-refractivity contribution in [1.82, 2.24) is 4.90 Å². The number of nitrogens with zero attached hydrogens (tertiary/aromatic N) is 3. The van der Waals surface area contributed by atoms with E-state index in [4.69, 9.17) is 0 Å². The second-order valence-corrected chi connectivity index (χ2v) is 12.7. The highest BCUT2D eigenvalue weighted by molar-refractivity contribution is 7.92. The van der Waals surface area contributed by atoms with Gasteiger partial charge in [0.05, 0.1) is 16.6 Å². The molecule has 3 aromatic carbocycles. The van der Waals surface area contributed by atoms with Gasteiger partial charge in [-0.25, -0.2) is 12.8 Å². The van der Waals surface area contributed by atoms with Crippen LogP contribution in [0, 0.1) is 5.82 Å². The number of halogens is 7. The number of sulfonamides is 1. The fourth-order valence-electron chi connectivity index (χ4n) is 5.76. The number of piperazine rings is 1. The van der Waals surface area contributed by atoms with Crippen LogP contribution in [0.25, 0.3) is 0 Å². The van der Waals surface area contributed by atoms with E-state index < -0.39 is 50.3 Å². The number of hydrogen-bond donors (Lipinski definition) is 1. The molecule has 0 spiro atoms. The molecule has 0 aliphatic carbocycles. The average Bonchev–Trinajstić information content (AvgIpc) is 2.99. The first-order valence-corrected chi connectivity index (χ1v) is 15.3. The van der Waals surface area contributed by atoms with Crippen molar-refractivity contribution in [3.63, 3.8) is 0 Å². The van der Waals surface area contributed by atoms with Gasteiger partial charge in [-0.3, -0.25) is 9.10 Å². The van der Waals surface area contributed by atoms with Crippen LogP contribution in [-0.2, 0) is 26.8 Å². The number of para-hydroxylation sites is 1. The lowest BCUT2D eigenvalue weighted by Crippen LogP contribution is -2.54. The van der Waals surface area contributed by atoms with Crippen LogP contribution in [0.3, 0.4) is 0 Å². The number of hydrogen-bond acceptors (Lipinski definition) is 5. The lowest BCUT2D eigenvalue weighted by Gasteiger charge is -2.41. The van der Waals surface area contributed by atoms with Gasteiger partial charge >= 0.3 is 12.4 Å². The molecule has 15 heteroatoms. The van der Waals surface area contributed by atoms with E-state index in [1.807, 2.05) is 30.3 Å². The van der Waals surface area contributed by atoms with E-state index in [-0.39, 0.29) is 36.4 Å². The molecular weight excluding hydrogens is 631 g/mol. The van der Waals surface area contributed by atoms with E-state index in [0.717, 1.165) is 40.3 Å². The number of carbonyl (C=O) groups is 1. The molecule has 2 heterocycles. The average molecular weight is 660 g/mol. The second kappa shape index (κ2) is 11.8. The van der Waals surface area contributed by atoms with Gasteiger partial charge in [-0.1, -0.05) is 30.3 Å². The summed E-state index contributed by atoms with van der Waals surface area (Å²) in [5, 5.41) is 9.92. The van der Waals surface area contributed by atoms with Crippen molar-refractivity contribution >= 4 is 27.3 Å². The van der Waals surface area contributed by atoms with Crippen molar-refractivity contribution in [2.75, 3.05) is 35.4 Å². The maximum absolute atomic E-state index is 13.9. The summed E-state index contributed by atoms with van der Waals surface area (Å²) in [5.41, 5.74) is -6.19. The molecule has 242 valence electrons. The third-order valence-corrected chi connectivity index (χ3v) is 10.0. The van der Waals surface area contributed by atoms with Crippen molar-refractivity contribution in [2.45, 2.75) is 48.2 Å². The molecule has 1 saturated heterocycles. The van der Waals surface area contributed by atoms with E-state index in [0.29, 0.717) is 38.3 Å². The minimum absolute atomic E-state index is 0.122.